The normalized spacial score (nSPS) is 11.2. The Kier molecular flexibility index (Phi) is 5.13. The van der Waals surface area contributed by atoms with E-state index < -0.39 is 11.6 Å². The van der Waals surface area contributed by atoms with Crippen LogP contribution in [-0.2, 0) is 13.5 Å². The number of ether oxygens (including phenoxy) is 1. The molecule has 1 N–H and O–H groups in total. The molecule has 11 heteroatoms. The van der Waals surface area contributed by atoms with Crippen molar-refractivity contribution in [2.24, 2.45) is 7.05 Å². The Hall–Kier alpha value is -4.41. The van der Waals surface area contributed by atoms with Crippen molar-refractivity contribution in [3.8, 4) is 17.0 Å². The van der Waals surface area contributed by atoms with E-state index in [1.165, 1.54) is 19.2 Å². The standard InChI is InChI=1S/C22H18F2N8O/c1-31-17(6-9-26-31)28-22-25-8-5-15(27-22)13-7-10-32-18(11-13)29-30-19(32)12-14-3-4-16(33-2)21(24)20(14)23/h3-11H,12H2,1-2H3,(H,25,27,28). The monoisotopic (exact) mass is 448 g/mol. The molecule has 5 aromatic rings. The van der Waals surface area contributed by atoms with E-state index in [-0.39, 0.29) is 17.7 Å². The van der Waals surface area contributed by atoms with E-state index in [2.05, 4.69) is 30.6 Å². The summed E-state index contributed by atoms with van der Waals surface area (Å²) in [4.78, 5) is 8.80. The van der Waals surface area contributed by atoms with Crippen molar-refractivity contribution in [3.63, 3.8) is 0 Å². The average molecular weight is 448 g/mol. The van der Waals surface area contributed by atoms with Gasteiger partial charge in [-0.15, -0.1) is 10.2 Å². The number of aromatic nitrogens is 7. The number of methoxy groups -OCH3 is 1. The second-order valence-electron chi connectivity index (χ2n) is 7.22. The van der Waals surface area contributed by atoms with Crippen LogP contribution in [0.1, 0.15) is 11.4 Å². The maximum atomic E-state index is 14.4. The van der Waals surface area contributed by atoms with E-state index in [0.717, 1.165) is 11.4 Å². The largest absolute Gasteiger partial charge is 0.494 e. The molecule has 0 aliphatic rings. The number of fused-ring (bicyclic) bond motifs is 1. The maximum absolute atomic E-state index is 14.4. The Bertz CT molecular complexity index is 1460. The quantitative estimate of drug-likeness (QED) is 0.425. The molecule has 0 aliphatic carbocycles. The van der Waals surface area contributed by atoms with Gasteiger partial charge in [0.15, 0.2) is 17.2 Å². The van der Waals surface area contributed by atoms with Gasteiger partial charge in [0.1, 0.15) is 11.6 Å². The summed E-state index contributed by atoms with van der Waals surface area (Å²) >= 11 is 0. The van der Waals surface area contributed by atoms with Crippen LogP contribution in [0.5, 0.6) is 5.75 Å². The fourth-order valence-electron chi connectivity index (χ4n) is 3.45. The van der Waals surface area contributed by atoms with Gasteiger partial charge in [0.25, 0.3) is 0 Å². The smallest absolute Gasteiger partial charge is 0.228 e. The first-order valence-corrected chi connectivity index (χ1v) is 9.96. The summed E-state index contributed by atoms with van der Waals surface area (Å²) in [7, 11) is 3.10. The number of anilines is 2. The van der Waals surface area contributed by atoms with Gasteiger partial charge in [0, 0.05) is 37.5 Å². The topological polar surface area (TPSA) is 95.0 Å². The van der Waals surface area contributed by atoms with E-state index in [4.69, 9.17) is 4.74 Å². The Morgan fingerprint density at radius 1 is 1.03 bits per heavy atom. The molecule has 0 fully saturated rings. The Morgan fingerprint density at radius 2 is 1.91 bits per heavy atom. The molecule has 4 aromatic heterocycles. The molecule has 4 heterocycles. The predicted molar refractivity (Wildman–Crippen MR) is 116 cm³/mol. The van der Waals surface area contributed by atoms with Crippen molar-refractivity contribution in [2.75, 3.05) is 12.4 Å². The lowest BCUT2D eigenvalue weighted by molar-refractivity contribution is 0.370. The number of aryl methyl sites for hydroxylation is 1. The van der Waals surface area contributed by atoms with Crippen molar-refractivity contribution in [1.29, 1.82) is 0 Å². The summed E-state index contributed by atoms with van der Waals surface area (Å²) in [5.41, 5.74) is 2.20. The van der Waals surface area contributed by atoms with Crippen molar-refractivity contribution in [1.82, 2.24) is 34.3 Å². The molecule has 0 atom stereocenters. The number of pyridine rings is 1. The predicted octanol–water partition coefficient (Wildman–Crippen LogP) is 3.54. The molecule has 0 unspecified atom stereocenters. The van der Waals surface area contributed by atoms with Crippen LogP contribution in [0.3, 0.4) is 0 Å². The van der Waals surface area contributed by atoms with E-state index in [1.54, 1.807) is 33.7 Å². The lowest BCUT2D eigenvalue weighted by Crippen LogP contribution is -2.03. The number of halogens is 2. The number of nitrogens with one attached hydrogen (secondary N) is 1. The highest BCUT2D eigenvalue weighted by atomic mass is 19.2. The van der Waals surface area contributed by atoms with Gasteiger partial charge in [0.2, 0.25) is 11.8 Å². The Balaban J connectivity index is 1.43. The molecule has 33 heavy (non-hydrogen) atoms. The fourth-order valence-corrected chi connectivity index (χ4v) is 3.45. The first-order chi connectivity index (χ1) is 16.0. The zero-order chi connectivity index (χ0) is 22.9. The lowest BCUT2D eigenvalue weighted by atomic mass is 10.1. The minimum atomic E-state index is -1.02. The zero-order valence-electron chi connectivity index (χ0n) is 17.7. The average Bonchev–Trinajstić information content (AvgIpc) is 3.42. The number of hydrogen-bond donors (Lipinski definition) is 1. The number of hydrogen-bond acceptors (Lipinski definition) is 7. The Labute approximate surface area is 186 Å². The van der Waals surface area contributed by atoms with E-state index >= 15 is 0 Å². The summed E-state index contributed by atoms with van der Waals surface area (Å²) in [6.45, 7) is 0. The van der Waals surface area contributed by atoms with Crippen molar-refractivity contribution in [3.05, 3.63) is 78.0 Å². The second kappa shape index (κ2) is 8.26. The summed E-state index contributed by atoms with van der Waals surface area (Å²) in [6.07, 6.45) is 5.17. The van der Waals surface area contributed by atoms with Crippen molar-refractivity contribution in [2.45, 2.75) is 6.42 Å². The summed E-state index contributed by atoms with van der Waals surface area (Å²) in [6, 6.07) is 10.1. The van der Waals surface area contributed by atoms with Crippen LogP contribution in [-0.4, -0.2) is 41.5 Å². The minimum absolute atomic E-state index is 0.0690. The van der Waals surface area contributed by atoms with Crippen LogP contribution in [0.2, 0.25) is 0 Å². The molecule has 1 aromatic carbocycles. The van der Waals surface area contributed by atoms with Gasteiger partial charge in [-0.1, -0.05) is 6.07 Å². The van der Waals surface area contributed by atoms with Gasteiger partial charge >= 0.3 is 0 Å². The highest BCUT2D eigenvalue weighted by Crippen LogP contribution is 2.25. The molecule has 0 amide bonds. The van der Waals surface area contributed by atoms with Crippen LogP contribution in [0.4, 0.5) is 20.5 Å². The number of nitrogens with zero attached hydrogens (tertiary/aromatic N) is 7. The van der Waals surface area contributed by atoms with Crippen LogP contribution in [0, 0.1) is 11.6 Å². The summed E-state index contributed by atoms with van der Waals surface area (Å²) in [5.74, 6) is -0.472. The molecule has 0 saturated carbocycles. The first kappa shape index (κ1) is 20.5. The molecular formula is C22H18F2N8O. The van der Waals surface area contributed by atoms with Crippen molar-refractivity contribution < 1.29 is 13.5 Å². The van der Waals surface area contributed by atoms with E-state index in [9.17, 15) is 8.78 Å². The minimum Gasteiger partial charge on any atom is -0.494 e. The van der Waals surface area contributed by atoms with Crippen molar-refractivity contribution >= 4 is 17.4 Å². The zero-order valence-corrected chi connectivity index (χ0v) is 17.7. The fraction of sp³-hybridized carbons (Fsp3) is 0.136. The van der Waals surface area contributed by atoms with Crippen LogP contribution < -0.4 is 10.1 Å². The van der Waals surface area contributed by atoms with Gasteiger partial charge in [-0.3, -0.25) is 9.08 Å². The van der Waals surface area contributed by atoms with Gasteiger partial charge in [-0.25, -0.2) is 14.4 Å². The number of benzene rings is 1. The molecule has 0 bridgehead atoms. The molecule has 0 spiro atoms. The molecule has 0 radical (unpaired) electrons. The maximum Gasteiger partial charge on any atom is 0.228 e. The first-order valence-electron chi connectivity index (χ1n) is 9.96. The second-order valence-corrected chi connectivity index (χ2v) is 7.22. The van der Waals surface area contributed by atoms with Crippen LogP contribution >= 0.6 is 0 Å². The Morgan fingerprint density at radius 3 is 2.70 bits per heavy atom. The molecule has 0 saturated heterocycles. The van der Waals surface area contributed by atoms with Gasteiger partial charge in [0.05, 0.1) is 19.0 Å². The third-order valence-corrected chi connectivity index (χ3v) is 5.19. The highest BCUT2D eigenvalue weighted by Gasteiger charge is 2.17. The van der Waals surface area contributed by atoms with Gasteiger partial charge in [-0.2, -0.15) is 9.49 Å². The lowest BCUT2D eigenvalue weighted by Gasteiger charge is -2.08. The van der Waals surface area contributed by atoms with Crippen LogP contribution in [0.15, 0.2) is 55.0 Å². The van der Waals surface area contributed by atoms with Gasteiger partial charge < -0.3 is 10.1 Å². The van der Waals surface area contributed by atoms with E-state index in [1.807, 2.05) is 25.2 Å². The summed E-state index contributed by atoms with van der Waals surface area (Å²) in [5, 5.41) is 15.6. The van der Waals surface area contributed by atoms with E-state index in [0.29, 0.717) is 23.1 Å². The summed E-state index contributed by atoms with van der Waals surface area (Å²) < 4.78 is 36.7. The molecule has 9 nitrogen and oxygen atoms in total. The highest BCUT2D eigenvalue weighted by molar-refractivity contribution is 5.65. The molecule has 5 rings (SSSR count). The molecule has 166 valence electrons. The molecular weight excluding hydrogens is 430 g/mol. The van der Waals surface area contributed by atoms with Crippen LogP contribution in [0.25, 0.3) is 16.9 Å². The third-order valence-electron chi connectivity index (χ3n) is 5.19. The SMILES string of the molecule is COc1ccc(Cc2nnc3cc(-c4ccnc(Nc5ccnn5C)n4)ccn23)c(F)c1F. The van der Waals surface area contributed by atoms with Gasteiger partial charge in [-0.05, 0) is 29.8 Å². The third kappa shape index (κ3) is 3.84. The molecule has 0 aliphatic heterocycles. The number of rotatable bonds is 6.